The van der Waals surface area contributed by atoms with E-state index in [4.69, 9.17) is 10.5 Å². The first-order valence-electron chi connectivity index (χ1n) is 5.25. The first-order valence-corrected chi connectivity index (χ1v) is 6.40. The molecule has 0 aliphatic carbocycles. The Bertz CT molecular complexity index is 302. The third-order valence-corrected chi connectivity index (χ3v) is 3.32. The van der Waals surface area contributed by atoms with Gasteiger partial charge in [0, 0.05) is 18.1 Å². The molecule has 1 rings (SSSR count). The zero-order chi connectivity index (χ0) is 11.1. The summed E-state index contributed by atoms with van der Waals surface area (Å²) in [6, 6.07) is 6.40. The summed E-state index contributed by atoms with van der Waals surface area (Å²) in [7, 11) is 1.72. The number of rotatable bonds is 6. The maximum Gasteiger partial charge on any atom is 0.122 e. The molecular formula is C12H19NOS. The molecule has 2 nitrogen and oxygen atoms in total. The molecule has 0 spiro atoms. The van der Waals surface area contributed by atoms with Crippen molar-refractivity contribution in [2.45, 2.75) is 19.1 Å². The Morgan fingerprint density at radius 1 is 1.40 bits per heavy atom. The largest absolute Gasteiger partial charge is 0.496 e. The van der Waals surface area contributed by atoms with Gasteiger partial charge in [0.2, 0.25) is 0 Å². The second kappa shape index (κ2) is 6.75. The summed E-state index contributed by atoms with van der Waals surface area (Å²) < 4.78 is 5.29. The van der Waals surface area contributed by atoms with Gasteiger partial charge in [-0.1, -0.05) is 19.1 Å². The standard InChI is InChI=1S/C12H19NOS/c1-3-11-8-10(9-15-7-6-13)4-5-12(11)14-2/h4-5,8H,3,6-7,9,13H2,1-2H3. The molecule has 0 unspecified atom stereocenters. The van der Waals surface area contributed by atoms with E-state index >= 15 is 0 Å². The molecule has 1 aromatic carbocycles. The monoisotopic (exact) mass is 225 g/mol. The molecule has 0 bridgehead atoms. The lowest BCUT2D eigenvalue weighted by Crippen LogP contribution is -2.01. The first kappa shape index (κ1) is 12.4. The van der Waals surface area contributed by atoms with Crippen molar-refractivity contribution in [1.82, 2.24) is 0 Å². The molecule has 1 aromatic rings. The molecule has 84 valence electrons. The molecule has 0 atom stereocenters. The Morgan fingerprint density at radius 3 is 2.80 bits per heavy atom. The summed E-state index contributed by atoms with van der Waals surface area (Å²) in [5, 5.41) is 0. The number of benzene rings is 1. The van der Waals surface area contributed by atoms with E-state index in [1.807, 2.05) is 11.8 Å². The highest BCUT2D eigenvalue weighted by Crippen LogP contribution is 2.22. The van der Waals surface area contributed by atoms with E-state index < -0.39 is 0 Å². The smallest absolute Gasteiger partial charge is 0.122 e. The number of methoxy groups -OCH3 is 1. The van der Waals surface area contributed by atoms with Gasteiger partial charge in [-0.05, 0) is 23.6 Å². The van der Waals surface area contributed by atoms with Crippen molar-refractivity contribution < 1.29 is 4.74 Å². The van der Waals surface area contributed by atoms with Crippen LogP contribution in [-0.2, 0) is 12.2 Å². The van der Waals surface area contributed by atoms with Gasteiger partial charge in [-0.25, -0.2) is 0 Å². The molecule has 3 heteroatoms. The Kier molecular flexibility index (Phi) is 5.58. The summed E-state index contributed by atoms with van der Waals surface area (Å²) in [6.45, 7) is 2.90. The van der Waals surface area contributed by atoms with Gasteiger partial charge in [-0.15, -0.1) is 0 Å². The van der Waals surface area contributed by atoms with E-state index in [2.05, 4.69) is 25.1 Å². The Morgan fingerprint density at radius 2 is 2.20 bits per heavy atom. The van der Waals surface area contributed by atoms with Crippen LogP contribution in [0.3, 0.4) is 0 Å². The fourth-order valence-electron chi connectivity index (χ4n) is 1.47. The van der Waals surface area contributed by atoms with Gasteiger partial charge in [0.05, 0.1) is 7.11 Å². The van der Waals surface area contributed by atoms with Crippen LogP contribution in [0.2, 0.25) is 0 Å². The zero-order valence-electron chi connectivity index (χ0n) is 9.45. The quantitative estimate of drug-likeness (QED) is 0.755. The molecule has 0 amide bonds. The highest BCUT2D eigenvalue weighted by atomic mass is 32.2. The third kappa shape index (κ3) is 3.76. The van der Waals surface area contributed by atoms with Crippen molar-refractivity contribution in [2.24, 2.45) is 5.73 Å². The number of nitrogens with two attached hydrogens (primary N) is 1. The van der Waals surface area contributed by atoms with E-state index in [0.29, 0.717) is 0 Å². The van der Waals surface area contributed by atoms with Crippen LogP contribution in [0.25, 0.3) is 0 Å². The Labute approximate surface area is 96.2 Å². The highest BCUT2D eigenvalue weighted by molar-refractivity contribution is 7.98. The van der Waals surface area contributed by atoms with Gasteiger partial charge in [-0.2, -0.15) is 11.8 Å². The van der Waals surface area contributed by atoms with Crippen molar-refractivity contribution in [3.05, 3.63) is 29.3 Å². The van der Waals surface area contributed by atoms with Crippen LogP contribution in [0.1, 0.15) is 18.1 Å². The Hall–Kier alpha value is -0.670. The lowest BCUT2D eigenvalue weighted by molar-refractivity contribution is 0.410. The summed E-state index contributed by atoms with van der Waals surface area (Å²) >= 11 is 1.87. The number of hydrogen-bond donors (Lipinski definition) is 1. The number of hydrogen-bond acceptors (Lipinski definition) is 3. The van der Waals surface area contributed by atoms with Crippen molar-refractivity contribution in [3.8, 4) is 5.75 Å². The van der Waals surface area contributed by atoms with E-state index in [1.54, 1.807) is 7.11 Å². The fraction of sp³-hybridized carbons (Fsp3) is 0.500. The SMILES string of the molecule is CCc1cc(CSCCN)ccc1OC. The second-order valence-electron chi connectivity index (χ2n) is 3.34. The predicted octanol–water partition coefficient (Wildman–Crippen LogP) is 2.45. The average molecular weight is 225 g/mol. The maximum absolute atomic E-state index is 5.45. The van der Waals surface area contributed by atoms with Crippen LogP contribution in [-0.4, -0.2) is 19.4 Å². The molecule has 2 N–H and O–H groups in total. The molecule has 0 aromatic heterocycles. The van der Waals surface area contributed by atoms with Crippen LogP contribution in [0.15, 0.2) is 18.2 Å². The maximum atomic E-state index is 5.45. The first-order chi connectivity index (χ1) is 7.31. The third-order valence-electron chi connectivity index (χ3n) is 2.26. The van der Waals surface area contributed by atoms with Gasteiger partial charge in [0.25, 0.3) is 0 Å². The van der Waals surface area contributed by atoms with E-state index in [9.17, 15) is 0 Å². The summed E-state index contributed by atoms with van der Waals surface area (Å²) in [5.74, 6) is 3.05. The number of thioether (sulfide) groups is 1. The van der Waals surface area contributed by atoms with Crippen LogP contribution in [0.4, 0.5) is 0 Å². The minimum absolute atomic E-state index is 0.751. The van der Waals surface area contributed by atoms with E-state index in [0.717, 1.165) is 30.2 Å². The minimum atomic E-state index is 0.751. The van der Waals surface area contributed by atoms with Crippen LogP contribution in [0.5, 0.6) is 5.75 Å². The Balaban J connectivity index is 2.66. The highest BCUT2D eigenvalue weighted by Gasteiger charge is 2.02. The number of aryl methyl sites for hydroxylation is 1. The van der Waals surface area contributed by atoms with Crippen molar-refractivity contribution in [1.29, 1.82) is 0 Å². The lowest BCUT2D eigenvalue weighted by Gasteiger charge is -2.08. The summed E-state index contributed by atoms with van der Waals surface area (Å²) in [5.41, 5.74) is 8.09. The van der Waals surface area contributed by atoms with Gasteiger partial charge in [-0.3, -0.25) is 0 Å². The molecule has 0 aliphatic heterocycles. The average Bonchev–Trinajstić information content (AvgIpc) is 2.29. The molecule has 0 radical (unpaired) electrons. The van der Waals surface area contributed by atoms with Crippen LogP contribution >= 0.6 is 11.8 Å². The van der Waals surface area contributed by atoms with Gasteiger partial charge >= 0.3 is 0 Å². The van der Waals surface area contributed by atoms with Crippen molar-refractivity contribution in [2.75, 3.05) is 19.4 Å². The van der Waals surface area contributed by atoms with E-state index in [-0.39, 0.29) is 0 Å². The van der Waals surface area contributed by atoms with Gasteiger partial charge in [0.1, 0.15) is 5.75 Å². The topological polar surface area (TPSA) is 35.2 Å². The van der Waals surface area contributed by atoms with Crippen molar-refractivity contribution >= 4 is 11.8 Å². The molecular weight excluding hydrogens is 206 g/mol. The summed E-state index contributed by atoms with van der Waals surface area (Å²) in [4.78, 5) is 0. The number of ether oxygens (including phenoxy) is 1. The fourth-order valence-corrected chi connectivity index (χ4v) is 2.20. The predicted molar refractivity (Wildman–Crippen MR) is 67.6 cm³/mol. The van der Waals surface area contributed by atoms with Gasteiger partial charge < -0.3 is 10.5 Å². The van der Waals surface area contributed by atoms with Gasteiger partial charge in [0.15, 0.2) is 0 Å². The molecule has 0 saturated heterocycles. The van der Waals surface area contributed by atoms with Crippen LogP contribution < -0.4 is 10.5 Å². The zero-order valence-corrected chi connectivity index (χ0v) is 10.3. The van der Waals surface area contributed by atoms with E-state index in [1.165, 1.54) is 11.1 Å². The second-order valence-corrected chi connectivity index (χ2v) is 4.45. The minimum Gasteiger partial charge on any atom is -0.496 e. The summed E-state index contributed by atoms with van der Waals surface area (Å²) in [6.07, 6.45) is 1.01. The molecule has 15 heavy (non-hydrogen) atoms. The molecule has 0 aliphatic rings. The van der Waals surface area contributed by atoms with Crippen molar-refractivity contribution in [3.63, 3.8) is 0 Å². The molecule has 0 heterocycles. The van der Waals surface area contributed by atoms with Crippen LogP contribution in [0, 0.1) is 0 Å². The lowest BCUT2D eigenvalue weighted by atomic mass is 10.1. The molecule has 0 fully saturated rings. The molecule has 0 saturated carbocycles. The normalized spacial score (nSPS) is 10.3.